The Morgan fingerprint density at radius 1 is 1.40 bits per heavy atom. The van der Waals surface area contributed by atoms with Crippen LogP contribution in [0.25, 0.3) is 0 Å². The topological polar surface area (TPSA) is 29.4 Å². The van der Waals surface area contributed by atoms with Crippen LogP contribution in [-0.2, 0) is 0 Å². The molecule has 0 saturated heterocycles. The molecule has 0 aliphatic heterocycles. The number of carbonyl (C=O) groups is 1. The molecule has 1 unspecified atom stereocenters. The Bertz CT molecular complexity index is 330. The molecule has 0 spiro atoms. The van der Waals surface area contributed by atoms with Crippen LogP contribution in [0.15, 0.2) is 35.3 Å². The average Bonchev–Trinajstić information content (AvgIpc) is 2.29. The van der Waals surface area contributed by atoms with E-state index >= 15 is 0 Å². The lowest BCUT2D eigenvalue weighted by Crippen LogP contribution is -2.01. The molecule has 0 fully saturated rings. The average molecular weight is 203 g/mol. The fourth-order valence-corrected chi connectivity index (χ4v) is 1.16. The van der Waals surface area contributed by atoms with Gasteiger partial charge in [0.1, 0.15) is 0 Å². The smallest absolute Gasteiger partial charge is 0.168 e. The lowest BCUT2D eigenvalue weighted by molar-refractivity contribution is 0.100. The Balaban J connectivity index is 2.47. The molecule has 0 radical (unpaired) electrons. The maximum Gasteiger partial charge on any atom is 0.168 e. The minimum Gasteiger partial charge on any atom is -0.294 e. The lowest BCUT2D eigenvalue weighted by atomic mass is 10.1. The van der Waals surface area contributed by atoms with Gasteiger partial charge in [-0.2, -0.15) is 0 Å². The second-order valence-electron chi connectivity index (χ2n) is 3.58. The van der Waals surface area contributed by atoms with Crippen molar-refractivity contribution in [3.63, 3.8) is 0 Å². The third-order valence-electron chi connectivity index (χ3n) is 2.32. The van der Waals surface area contributed by atoms with Crippen LogP contribution < -0.4 is 0 Å². The van der Waals surface area contributed by atoms with Crippen LogP contribution in [0, 0.1) is 0 Å². The van der Waals surface area contributed by atoms with Crippen LogP contribution in [0.3, 0.4) is 0 Å². The first kappa shape index (κ1) is 11.6. The van der Waals surface area contributed by atoms with Crippen LogP contribution >= 0.6 is 0 Å². The first-order valence-corrected chi connectivity index (χ1v) is 5.34. The van der Waals surface area contributed by atoms with Gasteiger partial charge in [-0.25, -0.2) is 0 Å². The number of hydrogen-bond donors (Lipinski definition) is 0. The van der Waals surface area contributed by atoms with Crippen molar-refractivity contribution < 1.29 is 4.79 Å². The maximum absolute atomic E-state index is 11.6. The second kappa shape index (κ2) is 6.12. The van der Waals surface area contributed by atoms with Crippen molar-refractivity contribution in [1.29, 1.82) is 0 Å². The first-order chi connectivity index (χ1) is 7.24. The van der Waals surface area contributed by atoms with Crippen LogP contribution in [0.2, 0.25) is 0 Å². The number of benzene rings is 1. The quantitative estimate of drug-likeness (QED) is 0.534. The number of rotatable bonds is 5. The molecule has 0 bridgehead atoms. The van der Waals surface area contributed by atoms with Crippen molar-refractivity contribution in [3.8, 4) is 0 Å². The molecule has 15 heavy (non-hydrogen) atoms. The van der Waals surface area contributed by atoms with Crippen LogP contribution in [0.1, 0.15) is 37.0 Å². The summed E-state index contributed by atoms with van der Waals surface area (Å²) in [7, 11) is 0. The molecule has 2 nitrogen and oxygen atoms in total. The highest BCUT2D eigenvalue weighted by Crippen LogP contribution is 2.02. The zero-order chi connectivity index (χ0) is 11.1. The number of ketones is 1. The van der Waals surface area contributed by atoms with Crippen molar-refractivity contribution in [2.75, 3.05) is 0 Å². The summed E-state index contributed by atoms with van der Waals surface area (Å²) < 4.78 is 0. The van der Waals surface area contributed by atoms with Crippen molar-refractivity contribution in [1.82, 2.24) is 0 Å². The molecule has 1 atom stereocenters. The van der Waals surface area contributed by atoms with E-state index in [1.807, 2.05) is 37.3 Å². The van der Waals surface area contributed by atoms with Gasteiger partial charge in [0.2, 0.25) is 0 Å². The molecule has 0 aliphatic carbocycles. The van der Waals surface area contributed by atoms with Gasteiger partial charge in [0.15, 0.2) is 5.78 Å². The molecule has 0 amide bonds. The van der Waals surface area contributed by atoms with Gasteiger partial charge in [0.05, 0.1) is 0 Å². The summed E-state index contributed by atoms with van der Waals surface area (Å²) in [5, 5.41) is 0. The predicted molar refractivity (Wildman–Crippen MR) is 63.6 cm³/mol. The number of nitrogens with zero attached hydrogens (tertiary/aromatic N) is 1. The summed E-state index contributed by atoms with van der Waals surface area (Å²) in [6, 6.07) is 9.63. The minimum absolute atomic E-state index is 0.127. The summed E-state index contributed by atoms with van der Waals surface area (Å²) in [6.45, 7) is 4.13. The Labute approximate surface area is 91.0 Å². The Morgan fingerprint density at radius 3 is 2.67 bits per heavy atom. The highest BCUT2D eigenvalue weighted by molar-refractivity contribution is 6.03. The van der Waals surface area contributed by atoms with E-state index in [-0.39, 0.29) is 5.78 Å². The molecule has 0 aliphatic rings. The van der Waals surface area contributed by atoms with Gasteiger partial charge < -0.3 is 0 Å². The number of Topliss-reactive ketones (excluding diaryl/α,β-unsaturated/α-hetero) is 1. The summed E-state index contributed by atoms with van der Waals surface area (Å²) in [5.41, 5.74) is 0.758. The molecule has 1 aromatic carbocycles. The standard InChI is InChI=1S/C13H17NO/c1-3-11(2)14-10-9-13(15)12-7-5-4-6-8-12/h4-8,10-11H,3,9H2,1-2H3. The van der Waals surface area contributed by atoms with Gasteiger partial charge in [0, 0.05) is 24.2 Å². The molecule has 80 valence electrons. The largest absolute Gasteiger partial charge is 0.294 e. The Kier molecular flexibility index (Phi) is 4.75. The maximum atomic E-state index is 11.6. The van der Waals surface area contributed by atoms with E-state index in [0.29, 0.717) is 12.5 Å². The molecule has 0 N–H and O–H groups in total. The zero-order valence-corrected chi connectivity index (χ0v) is 9.31. The van der Waals surface area contributed by atoms with E-state index in [9.17, 15) is 4.79 Å². The normalized spacial score (nSPS) is 12.9. The van der Waals surface area contributed by atoms with Crippen molar-refractivity contribution in [3.05, 3.63) is 35.9 Å². The van der Waals surface area contributed by atoms with E-state index < -0.39 is 0 Å². The van der Waals surface area contributed by atoms with Crippen LogP contribution in [0.5, 0.6) is 0 Å². The fourth-order valence-electron chi connectivity index (χ4n) is 1.16. The molecule has 1 rings (SSSR count). The van der Waals surface area contributed by atoms with Gasteiger partial charge in [-0.15, -0.1) is 0 Å². The molecule has 0 heterocycles. The molecule has 1 aromatic rings. The molecular weight excluding hydrogens is 186 g/mol. The van der Waals surface area contributed by atoms with Crippen molar-refractivity contribution >= 4 is 12.0 Å². The van der Waals surface area contributed by atoms with E-state index in [4.69, 9.17) is 0 Å². The van der Waals surface area contributed by atoms with Gasteiger partial charge in [-0.3, -0.25) is 9.79 Å². The van der Waals surface area contributed by atoms with Crippen LogP contribution in [0.4, 0.5) is 0 Å². The van der Waals surface area contributed by atoms with Crippen molar-refractivity contribution in [2.24, 2.45) is 4.99 Å². The Morgan fingerprint density at radius 2 is 2.07 bits per heavy atom. The van der Waals surface area contributed by atoms with E-state index in [1.54, 1.807) is 6.21 Å². The van der Waals surface area contributed by atoms with E-state index in [1.165, 1.54) is 0 Å². The minimum atomic E-state index is 0.127. The van der Waals surface area contributed by atoms with E-state index in [0.717, 1.165) is 12.0 Å². The fraction of sp³-hybridized carbons (Fsp3) is 0.385. The molecule has 0 aromatic heterocycles. The highest BCUT2D eigenvalue weighted by atomic mass is 16.1. The zero-order valence-electron chi connectivity index (χ0n) is 9.31. The van der Waals surface area contributed by atoms with E-state index in [2.05, 4.69) is 11.9 Å². The Hall–Kier alpha value is -1.44. The molecule has 2 heteroatoms. The molecular formula is C13H17NO. The SMILES string of the molecule is CCC(C)N=CCC(=O)c1ccccc1. The monoisotopic (exact) mass is 203 g/mol. The van der Waals surface area contributed by atoms with Gasteiger partial charge >= 0.3 is 0 Å². The summed E-state index contributed by atoms with van der Waals surface area (Å²) in [4.78, 5) is 15.9. The van der Waals surface area contributed by atoms with Gasteiger partial charge in [-0.05, 0) is 13.3 Å². The predicted octanol–water partition coefficient (Wildman–Crippen LogP) is 3.13. The summed E-state index contributed by atoms with van der Waals surface area (Å²) in [5.74, 6) is 0.127. The number of carbonyl (C=O) groups excluding carboxylic acids is 1. The third kappa shape index (κ3) is 4.07. The number of aliphatic imine (C=N–C) groups is 1. The first-order valence-electron chi connectivity index (χ1n) is 5.34. The van der Waals surface area contributed by atoms with Gasteiger partial charge in [0.25, 0.3) is 0 Å². The highest BCUT2D eigenvalue weighted by Gasteiger charge is 2.02. The lowest BCUT2D eigenvalue weighted by Gasteiger charge is -2.00. The number of hydrogen-bond acceptors (Lipinski definition) is 2. The van der Waals surface area contributed by atoms with Crippen LogP contribution in [-0.4, -0.2) is 18.0 Å². The van der Waals surface area contributed by atoms with Gasteiger partial charge in [-0.1, -0.05) is 37.3 Å². The summed E-state index contributed by atoms with van der Waals surface area (Å²) >= 11 is 0. The van der Waals surface area contributed by atoms with Crippen molar-refractivity contribution in [2.45, 2.75) is 32.7 Å². The summed E-state index contributed by atoms with van der Waals surface area (Å²) in [6.07, 6.45) is 3.13. The second-order valence-corrected chi connectivity index (χ2v) is 3.58. The molecule has 0 saturated carbocycles. The third-order valence-corrected chi connectivity index (χ3v) is 2.32.